The van der Waals surface area contributed by atoms with Gasteiger partial charge in [-0.3, -0.25) is 14.4 Å². The van der Waals surface area contributed by atoms with Crippen LogP contribution < -0.4 is 16.0 Å². The van der Waals surface area contributed by atoms with Crippen LogP contribution in [0, 0.1) is 10.5 Å². The average Bonchev–Trinajstić information content (AvgIpc) is 2.98. The third-order valence-electron chi connectivity index (χ3n) is 6.16. The van der Waals surface area contributed by atoms with Crippen LogP contribution in [0.1, 0.15) is 34.8 Å². The summed E-state index contributed by atoms with van der Waals surface area (Å²) < 4.78 is 1.09. The molecule has 0 spiro atoms. The second-order valence-corrected chi connectivity index (χ2v) is 11.7. The first-order valence-corrected chi connectivity index (χ1v) is 15.1. The molecule has 0 heterocycles. The molecule has 0 saturated carbocycles. The lowest BCUT2D eigenvalue weighted by atomic mass is 10.1. The van der Waals surface area contributed by atoms with Gasteiger partial charge in [-0.05, 0) is 108 Å². The molecule has 0 aromatic heterocycles. The minimum absolute atomic E-state index is 0.0831. The van der Waals surface area contributed by atoms with Crippen LogP contribution in [0.2, 0.25) is 0 Å². The molecule has 3 N–H and O–H groups in total. The topological polar surface area (TPSA) is 87.3 Å². The van der Waals surface area contributed by atoms with Gasteiger partial charge in [0.1, 0.15) is 5.70 Å². The summed E-state index contributed by atoms with van der Waals surface area (Å²) in [4.78, 5) is 40.2. The summed E-state index contributed by atoms with van der Waals surface area (Å²) in [6.07, 6.45) is 2.30. The van der Waals surface area contributed by atoms with Crippen molar-refractivity contribution in [2.24, 2.45) is 0 Å². The van der Waals surface area contributed by atoms with E-state index < -0.39 is 5.91 Å². The number of anilines is 2. The fraction of sp³-hybridized carbons (Fsp3) is 0.121. The molecule has 1 atom stereocenters. The van der Waals surface area contributed by atoms with Gasteiger partial charge in [-0.1, -0.05) is 55.5 Å². The zero-order valence-corrected chi connectivity index (χ0v) is 25.7. The highest BCUT2D eigenvalue weighted by atomic mass is 127. The lowest BCUT2D eigenvalue weighted by molar-refractivity contribution is -0.116. The van der Waals surface area contributed by atoms with Gasteiger partial charge in [0, 0.05) is 25.4 Å². The van der Waals surface area contributed by atoms with Crippen LogP contribution in [0.5, 0.6) is 0 Å². The van der Waals surface area contributed by atoms with Gasteiger partial charge in [-0.15, -0.1) is 11.8 Å². The average molecular weight is 676 g/mol. The third kappa shape index (κ3) is 8.80. The number of hydrogen-bond donors (Lipinski definition) is 3. The Morgan fingerprint density at radius 1 is 0.829 bits per heavy atom. The Balaban J connectivity index is 1.50. The number of halogens is 1. The predicted molar refractivity (Wildman–Crippen MR) is 176 cm³/mol. The fourth-order valence-corrected chi connectivity index (χ4v) is 5.31. The number of aryl methyl sites for hydroxylation is 1. The van der Waals surface area contributed by atoms with E-state index in [-0.39, 0.29) is 22.8 Å². The third-order valence-corrected chi connectivity index (χ3v) is 8.24. The monoisotopic (exact) mass is 675 g/mol. The van der Waals surface area contributed by atoms with E-state index in [1.807, 2.05) is 86.6 Å². The molecule has 1 unspecified atom stereocenters. The second-order valence-electron chi connectivity index (χ2n) is 9.23. The van der Waals surface area contributed by atoms with E-state index >= 15 is 0 Å². The van der Waals surface area contributed by atoms with E-state index in [0.717, 1.165) is 25.3 Å². The first kappa shape index (κ1) is 30.1. The number of carbonyl (C=O) groups excluding carboxylic acids is 3. The van der Waals surface area contributed by atoms with Crippen molar-refractivity contribution in [2.75, 3.05) is 10.6 Å². The predicted octanol–water partition coefficient (Wildman–Crippen LogP) is 7.52. The largest absolute Gasteiger partial charge is 0.325 e. The number of thioether (sulfide) groups is 1. The summed E-state index contributed by atoms with van der Waals surface area (Å²) in [6, 6.07) is 31.4. The van der Waals surface area contributed by atoms with Crippen LogP contribution in [0.4, 0.5) is 11.4 Å². The van der Waals surface area contributed by atoms with E-state index in [1.165, 1.54) is 11.8 Å². The van der Waals surface area contributed by atoms with Gasteiger partial charge in [-0.25, -0.2) is 0 Å². The standard InChI is InChI=1S/C33H30IN3O3S/c1-3-30(33(40)35-26-18-16-25(34)17-19-26)41-28-15-9-14-27(21-28)36-32(39)29(20-24-13-8-7-10-22(24)2)37-31(38)23-11-5-4-6-12-23/h4-21,30H,3H2,1-2H3,(H,35,40)(H,36,39)(H,37,38)/b29-20-. The summed E-state index contributed by atoms with van der Waals surface area (Å²) in [5, 5.41) is 8.35. The fourth-order valence-electron chi connectivity index (χ4n) is 3.93. The molecule has 0 aliphatic heterocycles. The van der Waals surface area contributed by atoms with Crippen molar-refractivity contribution in [1.82, 2.24) is 5.32 Å². The SMILES string of the molecule is CCC(Sc1cccc(NC(=O)/C(=C/c2ccccc2C)NC(=O)c2ccccc2)c1)C(=O)Nc1ccc(I)cc1. The van der Waals surface area contributed by atoms with E-state index in [1.54, 1.807) is 36.4 Å². The van der Waals surface area contributed by atoms with Gasteiger partial charge in [0.2, 0.25) is 5.91 Å². The highest BCUT2D eigenvalue weighted by Gasteiger charge is 2.19. The van der Waals surface area contributed by atoms with Crippen molar-refractivity contribution in [3.63, 3.8) is 0 Å². The van der Waals surface area contributed by atoms with Crippen molar-refractivity contribution >= 4 is 69.5 Å². The molecule has 41 heavy (non-hydrogen) atoms. The highest BCUT2D eigenvalue weighted by molar-refractivity contribution is 14.1. The zero-order chi connectivity index (χ0) is 29.2. The van der Waals surface area contributed by atoms with Crippen molar-refractivity contribution in [1.29, 1.82) is 0 Å². The Kier molecular flexibility index (Phi) is 10.8. The molecule has 0 bridgehead atoms. The summed E-state index contributed by atoms with van der Waals surface area (Å²) in [6.45, 7) is 3.91. The van der Waals surface area contributed by atoms with Gasteiger partial charge >= 0.3 is 0 Å². The van der Waals surface area contributed by atoms with E-state index in [9.17, 15) is 14.4 Å². The van der Waals surface area contributed by atoms with Crippen LogP contribution in [0.3, 0.4) is 0 Å². The minimum atomic E-state index is -0.455. The van der Waals surface area contributed by atoms with Crippen LogP contribution in [0.25, 0.3) is 6.08 Å². The Morgan fingerprint density at radius 2 is 1.54 bits per heavy atom. The van der Waals surface area contributed by atoms with Crippen LogP contribution in [0.15, 0.2) is 114 Å². The van der Waals surface area contributed by atoms with E-state index in [2.05, 4.69) is 38.5 Å². The molecule has 0 aliphatic rings. The van der Waals surface area contributed by atoms with Crippen molar-refractivity contribution in [3.05, 3.63) is 129 Å². The van der Waals surface area contributed by atoms with Crippen LogP contribution >= 0.6 is 34.4 Å². The van der Waals surface area contributed by atoms with Gasteiger partial charge in [-0.2, -0.15) is 0 Å². The molecule has 4 aromatic carbocycles. The normalized spacial score (nSPS) is 11.8. The Morgan fingerprint density at radius 3 is 2.24 bits per heavy atom. The number of carbonyl (C=O) groups is 3. The number of nitrogens with one attached hydrogen (secondary N) is 3. The molecule has 0 fully saturated rings. The first-order chi connectivity index (χ1) is 19.8. The molecular formula is C33H30IN3O3S. The summed E-state index contributed by atoms with van der Waals surface area (Å²) in [5.41, 5.74) is 3.66. The zero-order valence-electron chi connectivity index (χ0n) is 22.7. The Bertz CT molecular complexity index is 1560. The minimum Gasteiger partial charge on any atom is -0.325 e. The molecule has 208 valence electrons. The number of hydrogen-bond acceptors (Lipinski definition) is 4. The lowest BCUT2D eigenvalue weighted by Gasteiger charge is -2.16. The van der Waals surface area contributed by atoms with Gasteiger partial charge in [0.05, 0.1) is 5.25 Å². The smallest absolute Gasteiger partial charge is 0.272 e. The quantitative estimate of drug-likeness (QED) is 0.0923. The Labute approximate surface area is 258 Å². The van der Waals surface area contributed by atoms with E-state index in [4.69, 9.17) is 0 Å². The summed E-state index contributed by atoms with van der Waals surface area (Å²) in [7, 11) is 0. The van der Waals surface area contributed by atoms with Gasteiger partial charge in [0.25, 0.3) is 11.8 Å². The molecule has 4 aromatic rings. The molecular weight excluding hydrogens is 645 g/mol. The molecule has 4 rings (SSSR count). The lowest BCUT2D eigenvalue weighted by Crippen LogP contribution is -2.30. The molecule has 0 aliphatic carbocycles. The molecule has 0 saturated heterocycles. The number of rotatable bonds is 10. The first-order valence-electron chi connectivity index (χ1n) is 13.1. The molecule has 0 radical (unpaired) electrons. The van der Waals surface area contributed by atoms with Crippen molar-refractivity contribution in [3.8, 4) is 0 Å². The maximum Gasteiger partial charge on any atom is 0.272 e. The molecule has 6 nitrogen and oxygen atoms in total. The highest BCUT2D eigenvalue weighted by Crippen LogP contribution is 2.29. The van der Waals surface area contributed by atoms with Gasteiger partial charge in [0.15, 0.2) is 0 Å². The van der Waals surface area contributed by atoms with Crippen LogP contribution in [-0.4, -0.2) is 23.0 Å². The Hall–Kier alpha value is -3.89. The van der Waals surface area contributed by atoms with Crippen molar-refractivity contribution < 1.29 is 14.4 Å². The maximum absolute atomic E-state index is 13.5. The second kappa shape index (κ2) is 14.7. The summed E-state index contributed by atoms with van der Waals surface area (Å²) >= 11 is 3.66. The number of benzene rings is 4. The summed E-state index contributed by atoms with van der Waals surface area (Å²) in [5.74, 6) is -0.918. The molecule has 8 heteroatoms. The molecule has 3 amide bonds. The van der Waals surface area contributed by atoms with Crippen LogP contribution in [-0.2, 0) is 9.59 Å². The van der Waals surface area contributed by atoms with Gasteiger partial charge < -0.3 is 16.0 Å². The van der Waals surface area contributed by atoms with E-state index in [0.29, 0.717) is 17.7 Å². The number of amides is 3. The van der Waals surface area contributed by atoms with Crippen molar-refractivity contribution in [2.45, 2.75) is 30.4 Å². The maximum atomic E-state index is 13.5.